The lowest BCUT2D eigenvalue weighted by molar-refractivity contribution is 0.409. The summed E-state index contributed by atoms with van der Waals surface area (Å²) in [6.07, 6.45) is 4.44. The fraction of sp³-hybridized carbons (Fsp3) is 0.286. The van der Waals surface area contributed by atoms with Gasteiger partial charge in [0.15, 0.2) is 0 Å². The first-order valence-electron chi connectivity index (χ1n) is 5.98. The molecule has 0 atom stereocenters. The summed E-state index contributed by atoms with van der Waals surface area (Å²) in [5.74, 6) is 1.76. The van der Waals surface area contributed by atoms with Crippen molar-refractivity contribution >= 4 is 0 Å². The van der Waals surface area contributed by atoms with Crippen LogP contribution >= 0.6 is 0 Å². The Morgan fingerprint density at radius 2 is 1.89 bits per heavy atom. The van der Waals surface area contributed by atoms with Crippen LogP contribution in [0.15, 0.2) is 42.7 Å². The maximum Gasteiger partial charge on any atom is 0.141 e. The molecule has 4 nitrogen and oxygen atoms in total. The minimum absolute atomic E-state index is 0.690. The number of rotatable bonds is 6. The number of nitrogens with zero attached hydrogens (tertiary/aromatic N) is 2. The van der Waals surface area contributed by atoms with Gasteiger partial charge in [0.05, 0.1) is 13.7 Å². The molecule has 0 saturated carbocycles. The maximum atomic E-state index is 5.31. The molecule has 1 aromatic heterocycles. The molecule has 1 N–H and O–H groups in total. The van der Waals surface area contributed by atoms with Gasteiger partial charge < -0.3 is 10.1 Å². The highest BCUT2D eigenvalue weighted by Gasteiger charge is 2.01. The van der Waals surface area contributed by atoms with E-state index in [2.05, 4.69) is 21.4 Å². The van der Waals surface area contributed by atoms with E-state index in [1.807, 2.05) is 24.3 Å². The molecule has 0 radical (unpaired) electrons. The third-order valence-electron chi connectivity index (χ3n) is 2.67. The van der Waals surface area contributed by atoms with E-state index in [0.717, 1.165) is 24.5 Å². The van der Waals surface area contributed by atoms with Gasteiger partial charge in [0, 0.05) is 12.4 Å². The monoisotopic (exact) mass is 243 g/mol. The van der Waals surface area contributed by atoms with Gasteiger partial charge >= 0.3 is 0 Å². The first kappa shape index (κ1) is 12.5. The van der Waals surface area contributed by atoms with Gasteiger partial charge in [-0.2, -0.15) is 0 Å². The summed E-state index contributed by atoms with van der Waals surface area (Å²) in [4.78, 5) is 8.32. The molecule has 0 aliphatic heterocycles. The van der Waals surface area contributed by atoms with Crippen LogP contribution < -0.4 is 10.1 Å². The first-order chi connectivity index (χ1) is 8.90. The number of methoxy groups -OCH3 is 1. The van der Waals surface area contributed by atoms with Gasteiger partial charge in [0.2, 0.25) is 0 Å². The summed E-state index contributed by atoms with van der Waals surface area (Å²) in [5.41, 5.74) is 1.21. The second-order valence-corrected chi connectivity index (χ2v) is 3.90. The Hall–Kier alpha value is -1.94. The summed E-state index contributed by atoms with van der Waals surface area (Å²) in [6.45, 7) is 1.56. The molecule has 94 valence electrons. The molecule has 18 heavy (non-hydrogen) atoms. The minimum Gasteiger partial charge on any atom is -0.496 e. The molecule has 2 rings (SSSR count). The SMILES string of the molecule is COc1ccccc1CCNCc1ncccn1. The van der Waals surface area contributed by atoms with Crippen molar-refractivity contribution in [3.05, 3.63) is 54.1 Å². The van der Waals surface area contributed by atoms with Crippen molar-refractivity contribution in [3.63, 3.8) is 0 Å². The standard InChI is InChI=1S/C14H17N3O/c1-18-13-6-3-2-5-12(13)7-10-15-11-14-16-8-4-9-17-14/h2-6,8-9,15H,7,10-11H2,1H3. The Morgan fingerprint density at radius 1 is 1.11 bits per heavy atom. The number of nitrogens with one attached hydrogen (secondary N) is 1. The van der Waals surface area contributed by atoms with E-state index < -0.39 is 0 Å². The Kier molecular flexibility index (Phi) is 4.67. The number of hydrogen-bond acceptors (Lipinski definition) is 4. The van der Waals surface area contributed by atoms with Gasteiger partial charge in [-0.25, -0.2) is 9.97 Å². The highest BCUT2D eigenvalue weighted by Crippen LogP contribution is 2.17. The third-order valence-corrected chi connectivity index (χ3v) is 2.67. The number of ether oxygens (including phenoxy) is 1. The van der Waals surface area contributed by atoms with Crippen molar-refractivity contribution in [1.29, 1.82) is 0 Å². The minimum atomic E-state index is 0.690. The summed E-state index contributed by atoms with van der Waals surface area (Å²) in [7, 11) is 1.70. The molecule has 0 saturated heterocycles. The van der Waals surface area contributed by atoms with Crippen LogP contribution in [0.4, 0.5) is 0 Å². The first-order valence-corrected chi connectivity index (χ1v) is 5.98. The van der Waals surface area contributed by atoms with Crippen LogP contribution in [-0.4, -0.2) is 23.6 Å². The van der Waals surface area contributed by atoms with Crippen molar-refractivity contribution in [2.45, 2.75) is 13.0 Å². The van der Waals surface area contributed by atoms with E-state index in [1.54, 1.807) is 19.5 Å². The Bertz CT molecular complexity index is 473. The molecule has 0 amide bonds. The summed E-state index contributed by atoms with van der Waals surface area (Å²) < 4.78 is 5.31. The smallest absolute Gasteiger partial charge is 0.141 e. The zero-order valence-electron chi connectivity index (χ0n) is 10.5. The van der Waals surface area contributed by atoms with Crippen LogP contribution in [0, 0.1) is 0 Å². The molecule has 0 spiro atoms. The van der Waals surface area contributed by atoms with E-state index in [1.165, 1.54) is 5.56 Å². The summed E-state index contributed by atoms with van der Waals surface area (Å²) in [6, 6.07) is 9.89. The van der Waals surface area contributed by atoms with Gasteiger partial charge in [-0.05, 0) is 30.7 Å². The van der Waals surface area contributed by atoms with E-state index in [9.17, 15) is 0 Å². The molecule has 1 aromatic carbocycles. The Morgan fingerprint density at radius 3 is 2.67 bits per heavy atom. The van der Waals surface area contributed by atoms with Gasteiger partial charge in [0.1, 0.15) is 11.6 Å². The molecule has 0 bridgehead atoms. The van der Waals surface area contributed by atoms with Crippen molar-refractivity contribution in [2.75, 3.05) is 13.7 Å². The average Bonchev–Trinajstić information content (AvgIpc) is 2.45. The highest BCUT2D eigenvalue weighted by molar-refractivity contribution is 5.33. The molecule has 4 heteroatoms. The van der Waals surface area contributed by atoms with Crippen LogP contribution in [0.2, 0.25) is 0 Å². The zero-order valence-corrected chi connectivity index (χ0v) is 10.5. The lowest BCUT2D eigenvalue weighted by Crippen LogP contribution is -2.18. The summed E-state index contributed by atoms with van der Waals surface area (Å²) >= 11 is 0. The molecule has 0 unspecified atom stereocenters. The number of hydrogen-bond donors (Lipinski definition) is 1. The van der Waals surface area contributed by atoms with E-state index >= 15 is 0 Å². The van der Waals surface area contributed by atoms with E-state index in [-0.39, 0.29) is 0 Å². The predicted molar refractivity (Wildman–Crippen MR) is 70.4 cm³/mol. The quantitative estimate of drug-likeness (QED) is 0.786. The molecule has 0 aliphatic carbocycles. The topological polar surface area (TPSA) is 47.0 Å². The lowest BCUT2D eigenvalue weighted by atomic mass is 10.1. The summed E-state index contributed by atoms with van der Waals surface area (Å²) in [5, 5.41) is 3.32. The van der Waals surface area contributed by atoms with Crippen LogP contribution in [-0.2, 0) is 13.0 Å². The van der Waals surface area contributed by atoms with Crippen molar-refractivity contribution in [2.24, 2.45) is 0 Å². The fourth-order valence-electron chi connectivity index (χ4n) is 1.75. The van der Waals surface area contributed by atoms with Crippen molar-refractivity contribution in [3.8, 4) is 5.75 Å². The van der Waals surface area contributed by atoms with Crippen molar-refractivity contribution < 1.29 is 4.74 Å². The highest BCUT2D eigenvalue weighted by atomic mass is 16.5. The van der Waals surface area contributed by atoms with E-state index in [4.69, 9.17) is 4.74 Å². The van der Waals surface area contributed by atoms with Crippen LogP contribution in [0.25, 0.3) is 0 Å². The molecular weight excluding hydrogens is 226 g/mol. The van der Waals surface area contributed by atoms with E-state index in [0.29, 0.717) is 6.54 Å². The Balaban J connectivity index is 1.78. The lowest BCUT2D eigenvalue weighted by Gasteiger charge is -2.08. The van der Waals surface area contributed by atoms with Crippen LogP contribution in [0.3, 0.4) is 0 Å². The molecule has 0 aliphatic rings. The molecular formula is C14H17N3O. The zero-order chi connectivity index (χ0) is 12.6. The Labute approximate surface area is 107 Å². The van der Waals surface area contributed by atoms with Crippen molar-refractivity contribution in [1.82, 2.24) is 15.3 Å². The third kappa shape index (κ3) is 3.53. The average molecular weight is 243 g/mol. The largest absolute Gasteiger partial charge is 0.496 e. The van der Waals surface area contributed by atoms with Gasteiger partial charge in [-0.3, -0.25) is 0 Å². The second kappa shape index (κ2) is 6.71. The predicted octanol–water partition coefficient (Wildman–Crippen LogP) is 1.82. The normalized spacial score (nSPS) is 10.3. The number of benzene rings is 1. The van der Waals surface area contributed by atoms with Gasteiger partial charge in [0.25, 0.3) is 0 Å². The van der Waals surface area contributed by atoms with Crippen LogP contribution in [0.5, 0.6) is 5.75 Å². The second-order valence-electron chi connectivity index (χ2n) is 3.90. The number of aromatic nitrogens is 2. The molecule has 2 aromatic rings. The molecule has 1 heterocycles. The number of para-hydroxylation sites is 1. The molecule has 0 fully saturated rings. The van der Waals surface area contributed by atoms with Gasteiger partial charge in [-0.15, -0.1) is 0 Å². The van der Waals surface area contributed by atoms with Crippen LogP contribution in [0.1, 0.15) is 11.4 Å². The van der Waals surface area contributed by atoms with Gasteiger partial charge in [-0.1, -0.05) is 18.2 Å². The fourth-order valence-corrected chi connectivity index (χ4v) is 1.75. The maximum absolute atomic E-state index is 5.31.